The Balaban J connectivity index is 2.23. The van der Waals surface area contributed by atoms with Crippen molar-refractivity contribution < 1.29 is 19.4 Å². The SMILES string of the molecule is CC(C)(C)OC(=O)N1CCC[C@@H]([C@@](C)(OCCO)c2cccc(Cl)c2)C1. The Morgan fingerprint density at radius 2 is 2.08 bits per heavy atom. The maximum absolute atomic E-state index is 12.5. The summed E-state index contributed by atoms with van der Waals surface area (Å²) >= 11 is 6.19. The van der Waals surface area contributed by atoms with Crippen LogP contribution >= 0.6 is 11.6 Å². The zero-order valence-electron chi connectivity index (χ0n) is 16.1. The molecule has 0 unspecified atom stereocenters. The van der Waals surface area contributed by atoms with Crippen molar-refractivity contribution in [1.82, 2.24) is 4.90 Å². The molecule has 0 aromatic heterocycles. The summed E-state index contributed by atoms with van der Waals surface area (Å²) in [7, 11) is 0. The maximum Gasteiger partial charge on any atom is 0.410 e. The Labute approximate surface area is 161 Å². The number of likely N-dealkylation sites (tertiary alicyclic amines) is 1. The maximum atomic E-state index is 12.5. The first-order chi connectivity index (χ1) is 12.2. The lowest BCUT2D eigenvalue weighted by Gasteiger charge is -2.43. The van der Waals surface area contributed by atoms with Gasteiger partial charge < -0.3 is 19.5 Å². The molecule has 5 nitrogen and oxygen atoms in total. The van der Waals surface area contributed by atoms with Crippen molar-refractivity contribution in [3.8, 4) is 0 Å². The minimum absolute atomic E-state index is 0.0569. The molecule has 0 bridgehead atoms. The Morgan fingerprint density at radius 1 is 1.35 bits per heavy atom. The smallest absolute Gasteiger partial charge is 0.410 e. The molecule has 0 aliphatic carbocycles. The summed E-state index contributed by atoms with van der Waals surface area (Å²) in [5.41, 5.74) is -0.211. The highest BCUT2D eigenvalue weighted by Gasteiger charge is 2.41. The summed E-state index contributed by atoms with van der Waals surface area (Å²) in [6, 6.07) is 7.60. The average Bonchev–Trinajstić information content (AvgIpc) is 2.58. The standard InChI is InChI=1S/C20H30ClNO4/c1-19(2,3)26-18(24)22-10-6-8-16(14-22)20(4,25-12-11-23)15-7-5-9-17(21)13-15/h5,7,9,13,16,23H,6,8,10-12,14H2,1-4H3/t16-,20+/m1/s1. The molecule has 146 valence electrons. The van der Waals surface area contributed by atoms with Crippen LogP contribution in [0.2, 0.25) is 5.02 Å². The van der Waals surface area contributed by atoms with Crippen LogP contribution in [0.3, 0.4) is 0 Å². The highest BCUT2D eigenvalue weighted by atomic mass is 35.5. The normalized spacial score (nSPS) is 20.5. The Hall–Kier alpha value is -1.30. The van der Waals surface area contributed by atoms with Crippen LogP contribution in [-0.4, -0.2) is 48.0 Å². The van der Waals surface area contributed by atoms with Crippen LogP contribution in [0, 0.1) is 5.92 Å². The summed E-state index contributed by atoms with van der Waals surface area (Å²) in [5.74, 6) is 0.0776. The second kappa shape index (κ2) is 8.59. The van der Waals surface area contributed by atoms with E-state index >= 15 is 0 Å². The quantitative estimate of drug-likeness (QED) is 0.827. The van der Waals surface area contributed by atoms with Crippen molar-refractivity contribution >= 4 is 17.7 Å². The number of hydrogen-bond acceptors (Lipinski definition) is 4. The summed E-state index contributed by atoms with van der Waals surface area (Å²) < 4.78 is 11.6. The van der Waals surface area contributed by atoms with Gasteiger partial charge in [-0.25, -0.2) is 4.79 Å². The van der Waals surface area contributed by atoms with Gasteiger partial charge in [0.1, 0.15) is 5.60 Å². The molecular formula is C20H30ClNO4. The number of carbonyl (C=O) groups is 1. The number of benzene rings is 1. The molecule has 1 aliphatic heterocycles. The van der Waals surface area contributed by atoms with E-state index in [0.717, 1.165) is 18.4 Å². The van der Waals surface area contributed by atoms with E-state index in [2.05, 4.69) is 0 Å². The van der Waals surface area contributed by atoms with E-state index in [4.69, 9.17) is 21.1 Å². The molecule has 2 rings (SSSR count). The fourth-order valence-electron chi connectivity index (χ4n) is 3.41. The van der Waals surface area contributed by atoms with Gasteiger partial charge in [-0.3, -0.25) is 0 Å². The summed E-state index contributed by atoms with van der Waals surface area (Å²) in [4.78, 5) is 14.2. The molecule has 0 spiro atoms. The van der Waals surface area contributed by atoms with E-state index in [-0.39, 0.29) is 25.2 Å². The van der Waals surface area contributed by atoms with Crippen LogP contribution < -0.4 is 0 Å². The number of aliphatic hydroxyl groups excluding tert-OH is 1. The van der Waals surface area contributed by atoms with Gasteiger partial charge in [0.05, 0.1) is 18.8 Å². The molecule has 26 heavy (non-hydrogen) atoms. The second-order valence-electron chi connectivity index (χ2n) is 7.95. The van der Waals surface area contributed by atoms with Gasteiger partial charge in [0.25, 0.3) is 0 Å². The summed E-state index contributed by atoms with van der Waals surface area (Å²) in [6.07, 6.45) is 1.51. The van der Waals surface area contributed by atoms with Gasteiger partial charge in [0.2, 0.25) is 0 Å². The van der Waals surface area contributed by atoms with Crippen LogP contribution in [0.4, 0.5) is 4.79 Å². The van der Waals surface area contributed by atoms with E-state index in [1.54, 1.807) is 4.90 Å². The number of piperidine rings is 1. The predicted molar refractivity (Wildman–Crippen MR) is 102 cm³/mol. The largest absolute Gasteiger partial charge is 0.444 e. The Bertz CT molecular complexity index is 616. The molecule has 1 fully saturated rings. The molecular weight excluding hydrogens is 354 g/mol. The van der Waals surface area contributed by atoms with Gasteiger partial charge in [0, 0.05) is 24.0 Å². The van der Waals surface area contributed by atoms with Gasteiger partial charge in [-0.05, 0) is 58.2 Å². The molecule has 1 aromatic carbocycles. The van der Waals surface area contributed by atoms with Gasteiger partial charge in [-0.2, -0.15) is 0 Å². The van der Waals surface area contributed by atoms with Gasteiger partial charge >= 0.3 is 6.09 Å². The molecule has 6 heteroatoms. The van der Waals surface area contributed by atoms with Crippen molar-refractivity contribution in [2.75, 3.05) is 26.3 Å². The van der Waals surface area contributed by atoms with Crippen molar-refractivity contribution in [2.24, 2.45) is 5.92 Å². The highest BCUT2D eigenvalue weighted by Crippen LogP contribution is 2.39. The van der Waals surface area contributed by atoms with Crippen molar-refractivity contribution in [3.63, 3.8) is 0 Å². The third-order valence-electron chi connectivity index (χ3n) is 4.74. The number of rotatable bonds is 5. The van der Waals surface area contributed by atoms with Crippen LogP contribution in [0.5, 0.6) is 0 Å². The fourth-order valence-corrected chi connectivity index (χ4v) is 3.60. The van der Waals surface area contributed by atoms with Crippen LogP contribution in [0.25, 0.3) is 0 Å². The van der Waals surface area contributed by atoms with Crippen LogP contribution in [-0.2, 0) is 15.1 Å². The minimum atomic E-state index is -0.645. The van der Waals surface area contributed by atoms with E-state index in [1.807, 2.05) is 52.0 Å². The third-order valence-corrected chi connectivity index (χ3v) is 4.98. The zero-order valence-corrected chi connectivity index (χ0v) is 16.9. The Morgan fingerprint density at radius 3 is 2.69 bits per heavy atom. The lowest BCUT2D eigenvalue weighted by Crippen LogP contribution is -2.49. The number of ether oxygens (including phenoxy) is 2. The first-order valence-corrected chi connectivity index (χ1v) is 9.52. The number of nitrogens with zero attached hydrogens (tertiary/aromatic N) is 1. The highest BCUT2D eigenvalue weighted by molar-refractivity contribution is 6.30. The molecule has 1 aromatic rings. The summed E-state index contributed by atoms with van der Waals surface area (Å²) in [6.45, 7) is 9.01. The molecule has 0 radical (unpaired) electrons. The lowest BCUT2D eigenvalue weighted by molar-refractivity contribution is -0.106. The predicted octanol–water partition coefficient (Wildman–Crippen LogP) is 4.21. The fraction of sp³-hybridized carbons (Fsp3) is 0.650. The summed E-state index contributed by atoms with van der Waals surface area (Å²) in [5, 5.41) is 9.90. The van der Waals surface area contributed by atoms with Crippen molar-refractivity contribution in [1.29, 1.82) is 0 Å². The first-order valence-electron chi connectivity index (χ1n) is 9.14. The van der Waals surface area contributed by atoms with E-state index in [1.165, 1.54) is 0 Å². The second-order valence-corrected chi connectivity index (χ2v) is 8.39. The topological polar surface area (TPSA) is 59.0 Å². The third kappa shape index (κ3) is 5.35. The van der Waals surface area contributed by atoms with Crippen LogP contribution in [0.15, 0.2) is 24.3 Å². The zero-order chi connectivity index (χ0) is 19.4. The van der Waals surface area contributed by atoms with Crippen molar-refractivity contribution in [2.45, 2.75) is 51.7 Å². The van der Waals surface area contributed by atoms with E-state index in [0.29, 0.717) is 18.1 Å². The lowest BCUT2D eigenvalue weighted by atomic mass is 9.78. The monoisotopic (exact) mass is 383 g/mol. The molecule has 1 aliphatic rings. The molecule has 0 saturated carbocycles. The molecule has 1 saturated heterocycles. The molecule has 1 N–H and O–H groups in total. The van der Waals surface area contributed by atoms with Crippen molar-refractivity contribution in [3.05, 3.63) is 34.9 Å². The molecule has 1 amide bonds. The molecule has 2 atom stereocenters. The van der Waals surface area contributed by atoms with Crippen LogP contribution in [0.1, 0.15) is 46.1 Å². The van der Waals surface area contributed by atoms with Gasteiger partial charge in [0.15, 0.2) is 0 Å². The number of carbonyl (C=O) groups excluding carboxylic acids is 1. The number of aliphatic hydroxyl groups is 1. The minimum Gasteiger partial charge on any atom is -0.444 e. The average molecular weight is 384 g/mol. The molecule has 1 heterocycles. The Kier molecular flexibility index (Phi) is 6.94. The van der Waals surface area contributed by atoms with E-state index < -0.39 is 11.2 Å². The number of amides is 1. The first kappa shape index (κ1) is 21.0. The van der Waals surface area contributed by atoms with Gasteiger partial charge in [-0.15, -0.1) is 0 Å². The van der Waals surface area contributed by atoms with Gasteiger partial charge in [-0.1, -0.05) is 23.7 Å². The number of hydrogen-bond donors (Lipinski definition) is 1. The van der Waals surface area contributed by atoms with E-state index in [9.17, 15) is 9.90 Å². The number of halogens is 1.